The topological polar surface area (TPSA) is 3.24 Å². The van der Waals surface area contributed by atoms with Crippen molar-refractivity contribution < 1.29 is 0 Å². The zero-order valence-electron chi connectivity index (χ0n) is 28.6. The van der Waals surface area contributed by atoms with E-state index in [2.05, 4.69) is 218 Å². The number of anilines is 3. The molecular weight excluding hydrogens is 615 g/mol. The maximum absolute atomic E-state index is 2.45. The molecule has 0 fully saturated rings. The highest BCUT2D eigenvalue weighted by Gasteiger charge is 2.46. The second-order valence-corrected chi connectivity index (χ2v) is 13.4. The van der Waals surface area contributed by atoms with Crippen molar-refractivity contribution in [3.63, 3.8) is 0 Å². The monoisotopic (exact) mass is 651 g/mol. The first kappa shape index (κ1) is 30.6. The lowest BCUT2D eigenvalue weighted by molar-refractivity contribution is 0.768. The molecule has 0 radical (unpaired) electrons. The first-order chi connectivity index (χ1) is 25.2. The molecule has 0 amide bonds. The first-order valence-corrected chi connectivity index (χ1v) is 17.7. The smallest absolute Gasteiger partial charge is 0.0714 e. The van der Waals surface area contributed by atoms with Crippen molar-refractivity contribution in [1.82, 2.24) is 0 Å². The number of aryl methyl sites for hydroxylation is 1. The van der Waals surface area contributed by atoms with Gasteiger partial charge in [-0.25, -0.2) is 0 Å². The molecule has 8 aromatic carbocycles. The number of rotatable bonds is 7. The second kappa shape index (κ2) is 12.8. The largest absolute Gasteiger partial charge is 0.310 e. The zero-order valence-corrected chi connectivity index (χ0v) is 28.6. The van der Waals surface area contributed by atoms with Gasteiger partial charge in [0, 0.05) is 16.9 Å². The minimum atomic E-state index is -0.487. The molecule has 1 heteroatoms. The number of hydrogen-bond acceptors (Lipinski definition) is 1. The van der Waals surface area contributed by atoms with Crippen molar-refractivity contribution in [2.24, 2.45) is 0 Å². The maximum Gasteiger partial charge on any atom is 0.0714 e. The van der Waals surface area contributed by atoms with E-state index in [1.807, 2.05) is 0 Å². The molecule has 242 valence electrons. The molecule has 9 rings (SSSR count). The van der Waals surface area contributed by atoms with Crippen LogP contribution in [0.1, 0.15) is 27.8 Å². The molecule has 8 aromatic rings. The fourth-order valence-corrected chi connectivity index (χ4v) is 8.08. The van der Waals surface area contributed by atoms with E-state index in [0.29, 0.717) is 0 Å². The summed E-state index contributed by atoms with van der Waals surface area (Å²) in [5.74, 6) is 0. The Bertz CT molecular complexity index is 2450. The van der Waals surface area contributed by atoms with E-state index in [1.54, 1.807) is 0 Å². The van der Waals surface area contributed by atoms with Gasteiger partial charge in [0.05, 0.1) is 11.1 Å². The number of para-hydroxylation sites is 1. The lowest BCUT2D eigenvalue weighted by atomic mass is 9.67. The van der Waals surface area contributed by atoms with E-state index in [0.717, 1.165) is 17.1 Å². The molecule has 1 nitrogen and oxygen atoms in total. The van der Waals surface area contributed by atoms with Crippen molar-refractivity contribution >= 4 is 17.1 Å². The van der Waals surface area contributed by atoms with Crippen molar-refractivity contribution in [2.75, 3.05) is 4.90 Å². The van der Waals surface area contributed by atoms with E-state index < -0.39 is 5.41 Å². The molecule has 0 N–H and O–H groups in total. The maximum atomic E-state index is 2.45. The molecule has 0 saturated heterocycles. The molecule has 0 aliphatic heterocycles. The standard InChI is InChI=1S/C50H37N/c1-36-25-29-41(30-26-36)50(40-19-9-4-10-20-40)47-23-13-11-22-45(47)46-34-33-43(35-48(46)50)51(42-31-27-38(28-32-42)37-15-5-2-6-16-37)49-24-14-12-21-44(49)39-17-7-3-8-18-39/h2-35H,1H3. The molecule has 1 atom stereocenters. The van der Waals surface area contributed by atoms with Crippen LogP contribution >= 0.6 is 0 Å². The van der Waals surface area contributed by atoms with Crippen molar-refractivity contribution in [2.45, 2.75) is 12.3 Å². The third kappa shape index (κ3) is 5.18. The van der Waals surface area contributed by atoms with Crippen molar-refractivity contribution in [1.29, 1.82) is 0 Å². The third-order valence-corrected chi connectivity index (χ3v) is 10.4. The first-order valence-electron chi connectivity index (χ1n) is 17.7. The number of benzene rings is 8. The summed E-state index contributed by atoms with van der Waals surface area (Å²) in [5.41, 5.74) is 16.6. The minimum absolute atomic E-state index is 0.487. The van der Waals surface area contributed by atoms with Gasteiger partial charge >= 0.3 is 0 Å². The Labute approximate surface area is 300 Å². The fourth-order valence-electron chi connectivity index (χ4n) is 8.08. The van der Waals surface area contributed by atoms with Crippen LogP contribution in [-0.2, 0) is 5.41 Å². The van der Waals surface area contributed by atoms with Crippen LogP contribution in [0.2, 0.25) is 0 Å². The normalized spacial score (nSPS) is 14.5. The minimum Gasteiger partial charge on any atom is -0.310 e. The highest BCUT2D eigenvalue weighted by Crippen LogP contribution is 2.57. The van der Waals surface area contributed by atoms with E-state index in [1.165, 1.54) is 61.2 Å². The number of hydrogen-bond donors (Lipinski definition) is 0. The van der Waals surface area contributed by atoms with Gasteiger partial charge in [-0.2, -0.15) is 0 Å². The molecule has 0 saturated carbocycles. The summed E-state index contributed by atoms with van der Waals surface area (Å²) in [5, 5.41) is 0. The summed E-state index contributed by atoms with van der Waals surface area (Å²) in [4.78, 5) is 2.44. The van der Waals surface area contributed by atoms with E-state index >= 15 is 0 Å². The number of nitrogens with zero attached hydrogens (tertiary/aromatic N) is 1. The van der Waals surface area contributed by atoms with E-state index in [9.17, 15) is 0 Å². The molecule has 1 aliphatic rings. The van der Waals surface area contributed by atoms with Crippen LogP contribution in [0.15, 0.2) is 206 Å². The van der Waals surface area contributed by atoms with Crippen molar-refractivity contribution in [3.8, 4) is 33.4 Å². The summed E-state index contributed by atoms with van der Waals surface area (Å²) in [6, 6.07) is 75.4. The SMILES string of the molecule is Cc1ccc(C2(c3ccccc3)c3ccccc3-c3ccc(N(c4ccc(-c5ccccc5)cc4)c4ccccc4-c4ccccc4)cc32)cc1. The Morgan fingerprint density at radius 2 is 0.863 bits per heavy atom. The average molecular weight is 652 g/mol. The Kier molecular flexibility index (Phi) is 7.67. The van der Waals surface area contributed by atoms with Gasteiger partial charge in [-0.15, -0.1) is 0 Å². The van der Waals surface area contributed by atoms with Gasteiger partial charge in [0.1, 0.15) is 0 Å². The molecule has 0 aromatic heterocycles. The Morgan fingerprint density at radius 3 is 1.57 bits per heavy atom. The second-order valence-electron chi connectivity index (χ2n) is 13.4. The van der Waals surface area contributed by atoms with E-state index in [4.69, 9.17) is 0 Å². The average Bonchev–Trinajstić information content (AvgIpc) is 3.50. The van der Waals surface area contributed by atoms with Crippen LogP contribution in [0.5, 0.6) is 0 Å². The van der Waals surface area contributed by atoms with Gasteiger partial charge in [0.2, 0.25) is 0 Å². The molecule has 1 unspecified atom stereocenters. The predicted octanol–water partition coefficient (Wildman–Crippen LogP) is 13.2. The molecule has 0 heterocycles. The van der Waals surface area contributed by atoms with E-state index in [-0.39, 0.29) is 0 Å². The molecule has 0 bridgehead atoms. The molecular formula is C50H37N. The molecule has 51 heavy (non-hydrogen) atoms. The fraction of sp³-hybridized carbons (Fsp3) is 0.0400. The third-order valence-electron chi connectivity index (χ3n) is 10.4. The summed E-state index contributed by atoms with van der Waals surface area (Å²) < 4.78 is 0. The number of fused-ring (bicyclic) bond motifs is 3. The summed E-state index contributed by atoms with van der Waals surface area (Å²) in [6.45, 7) is 2.17. The van der Waals surface area contributed by atoms with Crippen LogP contribution < -0.4 is 4.90 Å². The highest BCUT2D eigenvalue weighted by atomic mass is 15.1. The molecule has 1 aliphatic carbocycles. The Morgan fingerprint density at radius 1 is 0.353 bits per heavy atom. The summed E-state index contributed by atoms with van der Waals surface area (Å²) >= 11 is 0. The lowest BCUT2D eigenvalue weighted by Crippen LogP contribution is -2.28. The van der Waals surface area contributed by atoms with Gasteiger partial charge in [-0.05, 0) is 87.3 Å². The van der Waals surface area contributed by atoms with Gasteiger partial charge in [0.15, 0.2) is 0 Å². The van der Waals surface area contributed by atoms with Crippen LogP contribution in [0, 0.1) is 6.92 Å². The lowest BCUT2D eigenvalue weighted by Gasteiger charge is -2.35. The molecule has 0 spiro atoms. The zero-order chi connectivity index (χ0) is 34.2. The summed E-state index contributed by atoms with van der Waals surface area (Å²) in [6.07, 6.45) is 0. The highest BCUT2D eigenvalue weighted by molar-refractivity contribution is 5.92. The quantitative estimate of drug-likeness (QED) is 0.166. The Hall–Kier alpha value is -6.44. The Balaban J connectivity index is 1.31. The van der Waals surface area contributed by atoms with Gasteiger partial charge in [-0.1, -0.05) is 181 Å². The van der Waals surface area contributed by atoms with Crippen LogP contribution in [0.25, 0.3) is 33.4 Å². The van der Waals surface area contributed by atoms with Crippen molar-refractivity contribution in [3.05, 3.63) is 234 Å². The van der Waals surface area contributed by atoms with Gasteiger partial charge in [-0.3, -0.25) is 0 Å². The van der Waals surface area contributed by atoms with Crippen LogP contribution in [0.3, 0.4) is 0 Å². The van der Waals surface area contributed by atoms with Gasteiger partial charge in [0.25, 0.3) is 0 Å². The van der Waals surface area contributed by atoms with Crippen LogP contribution in [0.4, 0.5) is 17.1 Å². The van der Waals surface area contributed by atoms with Gasteiger partial charge < -0.3 is 4.90 Å². The predicted molar refractivity (Wildman–Crippen MR) is 214 cm³/mol. The summed E-state index contributed by atoms with van der Waals surface area (Å²) in [7, 11) is 0. The van der Waals surface area contributed by atoms with Crippen LogP contribution in [-0.4, -0.2) is 0 Å².